The summed E-state index contributed by atoms with van der Waals surface area (Å²) in [5.74, 6) is -1.79. The van der Waals surface area contributed by atoms with Gasteiger partial charge in [0.15, 0.2) is 0 Å². The molecule has 0 aliphatic carbocycles. The summed E-state index contributed by atoms with van der Waals surface area (Å²) in [6.45, 7) is -0.201. The molecule has 5 nitrogen and oxygen atoms in total. The highest BCUT2D eigenvalue weighted by molar-refractivity contribution is 6.31. The molecule has 3 N–H and O–H groups in total. The quantitative estimate of drug-likeness (QED) is 0.863. The van der Waals surface area contributed by atoms with Crippen LogP contribution in [0.5, 0.6) is 0 Å². The van der Waals surface area contributed by atoms with Gasteiger partial charge in [-0.2, -0.15) is 13.2 Å². The van der Waals surface area contributed by atoms with Gasteiger partial charge in [0.2, 0.25) is 5.91 Å². The molecule has 0 fully saturated rings. The van der Waals surface area contributed by atoms with E-state index in [1.165, 1.54) is 7.11 Å². The highest BCUT2D eigenvalue weighted by Crippen LogP contribution is 2.31. The smallest absolute Gasteiger partial charge is 0.382 e. The fourth-order valence-electron chi connectivity index (χ4n) is 1.49. The van der Waals surface area contributed by atoms with Gasteiger partial charge in [-0.25, -0.2) is 0 Å². The topological polar surface area (TPSA) is 81.4 Å². The molecule has 116 valence electrons. The van der Waals surface area contributed by atoms with E-state index in [0.29, 0.717) is 12.1 Å². The van der Waals surface area contributed by atoms with E-state index in [0.717, 1.165) is 6.07 Å². The van der Waals surface area contributed by atoms with Gasteiger partial charge in [-0.15, -0.1) is 0 Å². The van der Waals surface area contributed by atoms with Crippen molar-refractivity contribution in [2.45, 2.75) is 12.2 Å². The van der Waals surface area contributed by atoms with E-state index in [-0.39, 0.29) is 17.2 Å². The highest BCUT2D eigenvalue weighted by atomic mass is 35.5. The molecule has 0 saturated heterocycles. The van der Waals surface area contributed by atoms with Gasteiger partial charge < -0.3 is 15.8 Å². The number of nitrogens with two attached hydrogens (primary N) is 1. The van der Waals surface area contributed by atoms with Crippen molar-refractivity contribution in [3.63, 3.8) is 0 Å². The van der Waals surface area contributed by atoms with Crippen LogP contribution in [0, 0.1) is 0 Å². The molecule has 1 aromatic rings. The fraction of sp³-hybridized carbons (Fsp3) is 0.333. The Morgan fingerprint density at radius 1 is 1.38 bits per heavy atom. The SMILES string of the molecule is COC[C@H](NC(=O)c1cc(Cl)cc(C(F)(F)F)c1)C(N)=O. The molecule has 0 heterocycles. The van der Waals surface area contributed by atoms with Crippen LogP contribution in [0.4, 0.5) is 13.2 Å². The maximum absolute atomic E-state index is 12.6. The summed E-state index contributed by atoms with van der Waals surface area (Å²) in [4.78, 5) is 22.9. The van der Waals surface area contributed by atoms with Crippen LogP contribution < -0.4 is 11.1 Å². The minimum absolute atomic E-state index is 0.201. The van der Waals surface area contributed by atoms with Gasteiger partial charge in [0.1, 0.15) is 6.04 Å². The average Bonchev–Trinajstić information content (AvgIpc) is 2.36. The van der Waals surface area contributed by atoms with Crippen molar-refractivity contribution in [2.24, 2.45) is 5.73 Å². The second-order valence-corrected chi connectivity index (χ2v) is 4.55. The first-order valence-electron chi connectivity index (χ1n) is 5.62. The summed E-state index contributed by atoms with van der Waals surface area (Å²) in [6.07, 6.45) is -4.64. The lowest BCUT2D eigenvalue weighted by atomic mass is 10.1. The third kappa shape index (κ3) is 4.91. The lowest BCUT2D eigenvalue weighted by Gasteiger charge is -2.15. The Morgan fingerprint density at radius 3 is 2.48 bits per heavy atom. The first kappa shape index (κ1) is 17.3. The van der Waals surface area contributed by atoms with E-state index in [1.807, 2.05) is 0 Å². The predicted octanol–water partition coefficient (Wildman–Crippen LogP) is 1.59. The number of halogens is 4. The molecule has 0 aliphatic heterocycles. The van der Waals surface area contributed by atoms with Crippen LogP contribution in [0.2, 0.25) is 5.02 Å². The first-order chi connectivity index (χ1) is 9.65. The second-order valence-electron chi connectivity index (χ2n) is 4.11. The molecular formula is C12H12ClF3N2O3. The van der Waals surface area contributed by atoms with Crippen LogP contribution >= 0.6 is 11.6 Å². The van der Waals surface area contributed by atoms with Crippen LogP contribution in [-0.2, 0) is 15.7 Å². The maximum atomic E-state index is 12.6. The van der Waals surface area contributed by atoms with Crippen LogP contribution in [-0.4, -0.2) is 31.6 Å². The molecule has 0 aliphatic rings. The molecule has 9 heteroatoms. The number of primary amides is 1. The molecular weight excluding hydrogens is 313 g/mol. The van der Waals surface area contributed by atoms with Crippen molar-refractivity contribution in [1.29, 1.82) is 0 Å². The van der Waals surface area contributed by atoms with E-state index in [4.69, 9.17) is 17.3 Å². The van der Waals surface area contributed by atoms with Crippen molar-refractivity contribution in [3.8, 4) is 0 Å². The molecule has 1 aromatic carbocycles. The Hall–Kier alpha value is -1.80. The number of alkyl halides is 3. The summed E-state index contributed by atoms with van der Waals surface area (Å²) in [5, 5.41) is 1.92. The lowest BCUT2D eigenvalue weighted by molar-refractivity contribution is -0.137. The number of ether oxygens (including phenoxy) is 1. The Morgan fingerprint density at radius 2 is 2.00 bits per heavy atom. The van der Waals surface area contributed by atoms with Crippen molar-refractivity contribution >= 4 is 23.4 Å². The molecule has 0 spiro atoms. The van der Waals surface area contributed by atoms with E-state index >= 15 is 0 Å². The number of carbonyl (C=O) groups is 2. The van der Waals surface area contributed by atoms with E-state index < -0.39 is 29.6 Å². The third-order valence-corrected chi connectivity index (χ3v) is 2.69. The zero-order valence-electron chi connectivity index (χ0n) is 10.8. The minimum Gasteiger partial charge on any atom is -0.382 e. The largest absolute Gasteiger partial charge is 0.416 e. The summed E-state index contributed by atoms with van der Waals surface area (Å²) in [7, 11) is 1.28. The summed E-state index contributed by atoms with van der Waals surface area (Å²) < 4.78 is 42.6. The number of rotatable bonds is 5. The number of hydrogen-bond acceptors (Lipinski definition) is 3. The molecule has 0 bridgehead atoms. The van der Waals surface area contributed by atoms with Crippen molar-refractivity contribution in [1.82, 2.24) is 5.32 Å². The highest BCUT2D eigenvalue weighted by Gasteiger charge is 2.32. The van der Waals surface area contributed by atoms with Gasteiger partial charge in [-0.05, 0) is 18.2 Å². The summed E-state index contributed by atoms with van der Waals surface area (Å²) in [5.41, 5.74) is 3.64. The van der Waals surface area contributed by atoms with Crippen LogP contribution in [0.15, 0.2) is 18.2 Å². The number of carbonyl (C=O) groups excluding carboxylic acids is 2. The van der Waals surface area contributed by atoms with Gasteiger partial charge in [-0.3, -0.25) is 9.59 Å². The zero-order valence-corrected chi connectivity index (χ0v) is 11.6. The molecule has 0 aromatic heterocycles. The van der Waals surface area contributed by atoms with Gasteiger partial charge in [0.25, 0.3) is 5.91 Å². The number of hydrogen-bond donors (Lipinski definition) is 2. The monoisotopic (exact) mass is 324 g/mol. The fourth-order valence-corrected chi connectivity index (χ4v) is 1.72. The molecule has 2 amide bonds. The normalized spacial score (nSPS) is 12.8. The minimum atomic E-state index is -4.64. The van der Waals surface area contributed by atoms with Crippen LogP contribution in [0.1, 0.15) is 15.9 Å². The molecule has 21 heavy (non-hydrogen) atoms. The van der Waals surface area contributed by atoms with E-state index in [2.05, 4.69) is 10.1 Å². The average molecular weight is 325 g/mol. The molecule has 0 unspecified atom stereocenters. The Balaban J connectivity index is 3.02. The number of nitrogens with one attached hydrogen (secondary N) is 1. The second kappa shape index (κ2) is 6.77. The third-order valence-electron chi connectivity index (χ3n) is 2.47. The van der Waals surface area contributed by atoms with E-state index in [1.54, 1.807) is 0 Å². The number of benzene rings is 1. The Labute approximate surface area is 123 Å². The Kier molecular flexibility index (Phi) is 5.56. The zero-order chi connectivity index (χ0) is 16.2. The first-order valence-corrected chi connectivity index (χ1v) is 6.00. The molecule has 1 rings (SSSR count). The van der Waals surface area contributed by atoms with Crippen LogP contribution in [0.3, 0.4) is 0 Å². The Bertz CT molecular complexity index is 549. The van der Waals surface area contributed by atoms with Gasteiger partial charge in [0.05, 0.1) is 12.2 Å². The summed E-state index contributed by atoms with van der Waals surface area (Å²) in [6, 6.07) is 1.22. The standard InChI is InChI=1S/C12H12ClF3N2O3/c1-21-5-9(10(17)19)18-11(20)6-2-7(12(14,15)16)4-8(13)3-6/h2-4,9H,5H2,1H3,(H2,17,19)(H,18,20)/t9-/m0/s1. The van der Waals surface area contributed by atoms with Gasteiger partial charge in [0, 0.05) is 17.7 Å². The van der Waals surface area contributed by atoms with Crippen LogP contribution in [0.25, 0.3) is 0 Å². The number of amides is 2. The van der Waals surface area contributed by atoms with Crippen molar-refractivity contribution in [2.75, 3.05) is 13.7 Å². The molecule has 1 atom stereocenters. The lowest BCUT2D eigenvalue weighted by Crippen LogP contribution is -2.47. The maximum Gasteiger partial charge on any atom is 0.416 e. The van der Waals surface area contributed by atoms with Crippen molar-refractivity contribution in [3.05, 3.63) is 34.3 Å². The molecule has 0 saturated carbocycles. The summed E-state index contributed by atoms with van der Waals surface area (Å²) >= 11 is 5.56. The van der Waals surface area contributed by atoms with Gasteiger partial charge >= 0.3 is 6.18 Å². The van der Waals surface area contributed by atoms with Gasteiger partial charge in [-0.1, -0.05) is 11.6 Å². The van der Waals surface area contributed by atoms with Crippen molar-refractivity contribution < 1.29 is 27.5 Å². The predicted molar refractivity (Wildman–Crippen MR) is 68.8 cm³/mol. The van der Waals surface area contributed by atoms with E-state index in [9.17, 15) is 22.8 Å². The number of methoxy groups -OCH3 is 1. The molecule has 0 radical (unpaired) electrons.